The number of anilines is 1. The molecule has 0 saturated carbocycles. The van der Waals surface area contributed by atoms with E-state index in [1.165, 1.54) is 0 Å². The summed E-state index contributed by atoms with van der Waals surface area (Å²) >= 11 is 9.01. The Morgan fingerprint density at radius 3 is 2.79 bits per heavy atom. The predicted molar refractivity (Wildman–Crippen MR) is 63.2 cm³/mol. The van der Waals surface area contributed by atoms with Gasteiger partial charge in [0.1, 0.15) is 0 Å². The summed E-state index contributed by atoms with van der Waals surface area (Å²) in [6.45, 7) is 3.69. The number of carbonyl (C=O) groups excluding carboxylic acids is 1. The van der Waals surface area contributed by atoms with Crippen LogP contribution in [-0.4, -0.2) is 10.7 Å². The van der Waals surface area contributed by atoms with Crippen LogP contribution in [0.5, 0.6) is 0 Å². The van der Waals surface area contributed by atoms with Gasteiger partial charge >= 0.3 is 0 Å². The van der Waals surface area contributed by atoms with E-state index in [1.807, 2.05) is 13.0 Å². The van der Waals surface area contributed by atoms with E-state index in [2.05, 4.69) is 21.2 Å². The van der Waals surface area contributed by atoms with Gasteiger partial charge in [0.05, 0.1) is 4.83 Å². The van der Waals surface area contributed by atoms with E-state index < -0.39 is 0 Å². The third kappa shape index (κ3) is 3.00. The summed E-state index contributed by atoms with van der Waals surface area (Å²) in [6.07, 6.45) is 0. The number of halogens is 2. The average Bonchev–Trinajstić information content (AvgIpc) is 2.11. The summed E-state index contributed by atoms with van der Waals surface area (Å²) < 4.78 is 0. The smallest absolute Gasteiger partial charge is 0.237 e. The first-order valence-corrected chi connectivity index (χ1v) is 5.51. The van der Waals surface area contributed by atoms with Crippen LogP contribution in [-0.2, 0) is 4.79 Å². The Labute approximate surface area is 96.8 Å². The van der Waals surface area contributed by atoms with Crippen molar-refractivity contribution in [2.24, 2.45) is 0 Å². The van der Waals surface area contributed by atoms with E-state index in [0.717, 1.165) is 11.3 Å². The molecule has 1 rings (SSSR count). The van der Waals surface area contributed by atoms with Gasteiger partial charge in [-0.2, -0.15) is 0 Å². The van der Waals surface area contributed by atoms with Crippen molar-refractivity contribution in [2.45, 2.75) is 18.7 Å². The molecule has 76 valence electrons. The zero-order valence-electron chi connectivity index (χ0n) is 7.97. The molecule has 0 aliphatic heterocycles. The molecule has 1 aromatic rings. The van der Waals surface area contributed by atoms with Crippen LogP contribution in [0, 0.1) is 6.92 Å². The van der Waals surface area contributed by atoms with Gasteiger partial charge in [-0.25, -0.2) is 0 Å². The molecule has 0 aliphatic rings. The summed E-state index contributed by atoms with van der Waals surface area (Å²) in [4.78, 5) is 11.2. The second-order valence-electron chi connectivity index (χ2n) is 3.06. The van der Waals surface area contributed by atoms with Crippen molar-refractivity contribution in [3.05, 3.63) is 28.8 Å². The van der Waals surface area contributed by atoms with Crippen molar-refractivity contribution in [3.8, 4) is 0 Å². The Morgan fingerprint density at radius 2 is 2.21 bits per heavy atom. The van der Waals surface area contributed by atoms with Gasteiger partial charge in [0.25, 0.3) is 0 Å². The number of rotatable bonds is 2. The van der Waals surface area contributed by atoms with Gasteiger partial charge in [0, 0.05) is 10.7 Å². The third-order valence-electron chi connectivity index (χ3n) is 1.82. The van der Waals surface area contributed by atoms with Crippen LogP contribution in [0.4, 0.5) is 5.69 Å². The van der Waals surface area contributed by atoms with Gasteiger partial charge in [0.2, 0.25) is 5.91 Å². The van der Waals surface area contributed by atoms with Crippen LogP contribution >= 0.6 is 27.5 Å². The number of amides is 1. The Hall–Kier alpha value is -0.540. The molecule has 0 fully saturated rings. The highest BCUT2D eigenvalue weighted by atomic mass is 79.9. The highest BCUT2D eigenvalue weighted by Crippen LogP contribution is 2.20. The molecule has 2 nitrogen and oxygen atoms in total. The molecule has 0 saturated heterocycles. The van der Waals surface area contributed by atoms with Gasteiger partial charge in [-0.1, -0.05) is 33.6 Å². The van der Waals surface area contributed by atoms with E-state index in [4.69, 9.17) is 11.6 Å². The summed E-state index contributed by atoms with van der Waals surface area (Å²) in [5.74, 6) is -0.0737. The van der Waals surface area contributed by atoms with Crippen LogP contribution in [0.2, 0.25) is 5.02 Å². The summed E-state index contributed by atoms with van der Waals surface area (Å²) in [7, 11) is 0. The molecule has 0 aliphatic carbocycles. The second kappa shape index (κ2) is 4.80. The Bertz CT molecular complexity index is 352. The fourth-order valence-electron chi connectivity index (χ4n) is 0.961. The summed E-state index contributed by atoms with van der Waals surface area (Å²) in [6, 6.07) is 5.41. The Morgan fingerprint density at radius 1 is 1.57 bits per heavy atom. The fraction of sp³-hybridized carbons (Fsp3) is 0.300. The normalized spacial score (nSPS) is 12.3. The minimum absolute atomic E-state index is 0.0737. The fourth-order valence-corrected chi connectivity index (χ4v) is 1.25. The van der Waals surface area contributed by atoms with Crippen molar-refractivity contribution in [1.82, 2.24) is 0 Å². The van der Waals surface area contributed by atoms with Gasteiger partial charge < -0.3 is 5.32 Å². The Kier molecular flexibility index (Phi) is 3.96. The van der Waals surface area contributed by atoms with E-state index in [1.54, 1.807) is 19.1 Å². The molecule has 1 aromatic carbocycles. The van der Waals surface area contributed by atoms with Crippen molar-refractivity contribution in [3.63, 3.8) is 0 Å². The molecule has 0 heterocycles. The molecule has 1 atom stereocenters. The Balaban J connectivity index is 2.86. The lowest BCUT2D eigenvalue weighted by molar-refractivity contribution is -0.115. The van der Waals surface area contributed by atoms with Crippen LogP contribution in [0.3, 0.4) is 0 Å². The summed E-state index contributed by atoms with van der Waals surface area (Å²) in [5, 5.41) is 3.40. The maximum absolute atomic E-state index is 11.4. The number of alkyl halides is 1. The van der Waals surface area contributed by atoms with E-state index in [9.17, 15) is 4.79 Å². The highest BCUT2D eigenvalue weighted by Gasteiger charge is 2.09. The first-order valence-electron chi connectivity index (χ1n) is 4.22. The molecule has 0 radical (unpaired) electrons. The van der Waals surface area contributed by atoms with Crippen LogP contribution < -0.4 is 5.32 Å². The largest absolute Gasteiger partial charge is 0.325 e. The minimum atomic E-state index is -0.208. The molecule has 0 spiro atoms. The maximum Gasteiger partial charge on any atom is 0.237 e. The third-order valence-corrected chi connectivity index (χ3v) is 2.47. The van der Waals surface area contributed by atoms with Crippen LogP contribution in [0.15, 0.2) is 18.2 Å². The lowest BCUT2D eigenvalue weighted by Gasteiger charge is -2.09. The van der Waals surface area contributed by atoms with Crippen molar-refractivity contribution in [1.29, 1.82) is 0 Å². The first kappa shape index (κ1) is 11.5. The van der Waals surface area contributed by atoms with Crippen LogP contribution in [0.25, 0.3) is 0 Å². The zero-order chi connectivity index (χ0) is 10.7. The standard InChI is InChI=1S/C10H11BrClNO/c1-6-3-4-8(12)5-9(6)13-10(14)7(2)11/h3-5,7H,1-2H3,(H,13,14)/t7-/m1/s1. The van der Waals surface area contributed by atoms with Crippen molar-refractivity contribution in [2.75, 3.05) is 5.32 Å². The van der Waals surface area contributed by atoms with Gasteiger partial charge in [-0.15, -0.1) is 0 Å². The monoisotopic (exact) mass is 275 g/mol. The number of benzene rings is 1. The van der Waals surface area contributed by atoms with Crippen molar-refractivity contribution >= 4 is 39.1 Å². The number of hydrogen-bond acceptors (Lipinski definition) is 1. The average molecular weight is 277 g/mol. The molecule has 0 unspecified atom stereocenters. The van der Waals surface area contributed by atoms with Crippen molar-refractivity contribution < 1.29 is 4.79 Å². The molecule has 1 N–H and O–H groups in total. The first-order chi connectivity index (χ1) is 6.50. The topological polar surface area (TPSA) is 29.1 Å². The number of carbonyl (C=O) groups is 1. The second-order valence-corrected chi connectivity index (χ2v) is 4.87. The van der Waals surface area contributed by atoms with E-state index >= 15 is 0 Å². The zero-order valence-corrected chi connectivity index (χ0v) is 10.3. The van der Waals surface area contributed by atoms with Gasteiger partial charge in [0.15, 0.2) is 0 Å². The molecule has 14 heavy (non-hydrogen) atoms. The highest BCUT2D eigenvalue weighted by molar-refractivity contribution is 9.10. The van der Waals surface area contributed by atoms with E-state index in [0.29, 0.717) is 5.02 Å². The SMILES string of the molecule is Cc1ccc(Cl)cc1NC(=O)[C@@H](C)Br. The molecule has 1 amide bonds. The molecule has 0 bridgehead atoms. The molecule has 4 heteroatoms. The number of hydrogen-bond donors (Lipinski definition) is 1. The summed E-state index contributed by atoms with van der Waals surface area (Å²) in [5.41, 5.74) is 1.75. The molecule has 0 aromatic heterocycles. The quantitative estimate of drug-likeness (QED) is 0.825. The predicted octanol–water partition coefficient (Wildman–Crippen LogP) is 3.37. The lowest BCUT2D eigenvalue weighted by atomic mass is 10.2. The van der Waals surface area contributed by atoms with Crippen LogP contribution in [0.1, 0.15) is 12.5 Å². The van der Waals surface area contributed by atoms with Gasteiger partial charge in [-0.3, -0.25) is 4.79 Å². The lowest BCUT2D eigenvalue weighted by Crippen LogP contribution is -2.20. The van der Waals surface area contributed by atoms with Gasteiger partial charge in [-0.05, 0) is 31.5 Å². The number of aryl methyl sites for hydroxylation is 1. The van der Waals surface area contributed by atoms with E-state index in [-0.39, 0.29) is 10.7 Å². The maximum atomic E-state index is 11.4. The molecular formula is C10H11BrClNO. The minimum Gasteiger partial charge on any atom is -0.325 e. The molecular weight excluding hydrogens is 265 g/mol. The number of nitrogens with one attached hydrogen (secondary N) is 1.